The molecule has 1 N–H and O–H groups in total. The number of carbonyl (C=O) groups is 1. The van der Waals surface area contributed by atoms with Gasteiger partial charge in [0.15, 0.2) is 0 Å². The number of nitrogens with zero attached hydrogens (tertiary/aromatic N) is 1. The lowest BCUT2D eigenvalue weighted by atomic mass is 10.5. The van der Waals surface area contributed by atoms with E-state index in [0.29, 0.717) is 6.54 Å². The third-order valence-corrected chi connectivity index (χ3v) is 2.25. The Labute approximate surface area is 84.3 Å². The van der Waals surface area contributed by atoms with Gasteiger partial charge in [0, 0.05) is 26.4 Å². The van der Waals surface area contributed by atoms with Crippen LogP contribution >= 0.6 is 11.8 Å². The zero-order valence-electron chi connectivity index (χ0n) is 8.17. The number of terminal acetylenes is 1. The smallest absolute Gasteiger partial charge is 0.236 e. The second kappa shape index (κ2) is 7.96. The molecule has 0 aromatic rings. The zero-order chi connectivity index (χ0) is 10.1. The number of amides is 1. The minimum atomic E-state index is 0.0990. The fraction of sp³-hybridized carbons (Fsp3) is 0.667. The lowest BCUT2D eigenvalue weighted by molar-refractivity contribution is -0.127. The highest BCUT2D eigenvalue weighted by Crippen LogP contribution is 1.94. The highest BCUT2D eigenvalue weighted by molar-refractivity contribution is 7.99. The molecular weight excluding hydrogens is 184 g/mol. The highest BCUT2D eigenvalue weighted by Gasteiger charge is 2.01. The monoisotopic (exact) mass is 200 g/mol. The van der Waals surface area contributed by atoms with Gasteiger partial charge in [-0.2, -0.15) is 0 Å². The first kappa shape index (κ1) is 12.3. The number of likely N-dealkylation sites (N-methyl/N-ethyl adjacent to an activating group) is 1. The Morgan fingerprint density at radius 3 is 2.85 bits per heavy atom. The second-order valence-corrected chi connectivity index (χ2v) is 3.83. The van der Waals surface area contributed by atoms with Gasteiger partial charge in [0.2, 0.25) is 5.91 Å². The van der Waals surface area contributed by atoms with Gasteiger partial charge >= 0.3 is 0 Å². The van der Waals surface area contributed by atoms with Crippen LogP contribution in [0.25, 0.3) is 0 Å². The normalized spacial score (nSPS) is 9.31. The number of rotatable bonds is 6. The molecule has 0 saturated heterocycles. The average molecular weight is 200 g/mol. The molecule has 0 fully saturated rings. The van der Waals surface area contributed by atoms with Crippen LogP contribution in [0.15, 0.2) is 0 Å². The Hall–Kier alpha value is -0.660. The summed E-state index contributed by atoms with van der Waals surface area (Å²) in [7, 11) is 3.49. The molecule has 0 bridgehead atoms. The molecule has 0 unspecified atom stereocenters. The van der Waals surface area contributed by atoms with E-state index in [2.05, 4.69) is 11.2 Å². The van der Waals surface area contributed by atoms with E-state index in [4.69, 9.17) is 6.42 Å². The van der Waals surface area contributed by atoms with Gasteiger partial charge in [-0.3, -0.25) is 4.79 Å². The van der Waals surface area contributed by atoms with Crippen molar-refractivity contribution >= 4 is 17.7 Å². The van der Waals surface area contributed by atoms with Crippen molar-refractivity contribution in [2.24, 2.45) is 0 Å². The number of hydrogen-bond acceptors (Lipinski definition) is 3. The standard InChI is InChI=1S/C9H16N2OS/c1-4-6-13-7-5-10-8-9(12)11(2)3/h1,10H,5-8H2,2-3H3. The number of hydrogen-bond donors (Lipinski definition) is 1. The fourth-order valence-electron chi connectivity index (χ4n) is 0.629. The van der Waals surface area contributed by atoms with Gasteiger partial charge in [-0.15, -0.1) is 18.2 Å². The van der Waals surface area contributed by atoms with Crippen molar-refractivity contribution in [3.63, 3.8) is 0 Å². The van der Waals surface area contributed by atoms with Gasteiger partial charge in [-0.05, 0) is 0 Å². The molecule has 0 atom stereocenters. The van der Waals surface area contributed by atoms with Gasteiger partial charge in [-0.1, -0.05) is 5.92 Å². The molecule has 0 spiro atoms. The minimum absolute atomic E-state index is 0.0990. The van der Waals surface area contributed by atoms with Crippen LogP contribution < -0.4 is 5.32 Å². The lowest BCUT2D eigenvalue weighted by Crippen LogP contribution is -2.33. The first-order chi connectivity index (χ1) is 6.18. The van der Waals surface area contributed by atoms with Crippen LogP contribution in [-0.4, -0.2) is 49.5 Å². The summed E-state index contributed by atoms with van der Waals surface area (Å²) in [6.07, 6.45) is 5.08. The molecule has 4 heteroatoms. The van der Waals surface area contributed by atoms with Crippen molar-refractivity contribution in [1.29, 1.82) is 0 Å². The maximum atomic E-state index is 11.1. The molecule has 13 heavy (non-hydrogen) atoms. The largest absolute Gasteiger partial charge is 0.348 e. The quantitative estimate of drug-likeness (QED) is 0.485. The average Bonchev–Trinajstić information content (AvgIpc) is 2.10. The van der Waals surface area contributed by atoms with Gasteiger partial charge in [0.1, 0.15) is 0 Å². The van der Waals surface area contributed by atoms with E-state index in [-0.39, 0.29) is 5.91 Å². The number of thioether (sulfide) groups is 1. The highest BCUT2D eigenvalue weighted by atomic mass is 32.2. The molecule has 0 aliphatic carbocycles. The molecule has 0 aromatic heterocycles. The summed E-state index contributed by atoms with van der Waals surface area (Å²) in [6.45, 7) is 1.23. The fourth-order valence-corrected chi connectivity index (χ4v) is 1.18. The molecule has 0 radical (unpaired) electrons. The van der Waals surface area contributed by atoms with Gasteiger partial charge in [0.25, 0.3) is 0 Å². The van der Waals surface area contributed by atoms with Crippen molar-refractivity contribution in [3.8, 4) is 12.3 Å². The Morgan fingerprint density at radius 2 is 2.31 bits per heavy atom. The van der Waals surface area contributed by atoms with E-state index in [1.165, 1.54) is 0 Å². The maximum Gasteiger partial charge on any atom is 0.236 e. The zero-order valence-corrected chi connectivity index (χ0v) is 8.99. The van der Waals surface area contributed by atoms with E-state index >= 15 is 0 Å². The van der Waals surface area contributed by atoms with Crippen LogP contribution in [0, 0.1) is 12.3 Å². The third-order valence-electron chi connectivity index (χ3n) is 1.38. The topological polar surface area (TPSA) is 32.3 Å². The maximum absolute atomic E-state index is 11.1. The minimum Gasteiger partial charge on any atom is -0.348 e. The van der Waals surface area contributed by atoms with E-state index in [0.717, 1.165) is 18.1 Å². The summed E-state index contributed by atoms with van der Waals surface area (Å²) < 4.78 is 0. The van der Waals surface area contributed by atoms with Crippen molar-refractivity contribution < 1.29 is 4.79 Å². The molecule has 0 rings (SSSR count). The van der Waals surface area contributed by atoms with Crippen molar-refractivity contribution in [2.75, 3.05) is 38.7 Å². The summed E-state index contributed by atoms with van der Waals surface area (Å²) in [5, 5.41) is 3.04. The molecular formula is C9H16N2OS. The Bertz CT molecular complexity index is 187. The Morgan fingerprint density at radius 1 is 1.62 bits per heavy atom. The van der Waals surface area contributed by atoms with Crippen LogP contribution in [0.2, 0.25) is 0 Å². The molecule has 0 aromatic carbocycles. The first-order valence-electron chi connectivity index (χ1n) is 4.10. The molecule has 0 saturated carbocycles. The molecule has 3 nitrogen and oxygen atoms in total. The molecule has 1 amide bonds. The van der Waals surface area contributed by atoms with E-state index in [1.807, 2.05) is 0 Å². The van der Waals surface area contributed by atoms with Crippen LogP contribution in [0.4, 0.5) is 0 Å². The predicted octanol–water partition coefficient (Wildman–Crippen LogP) is 0.0306. The molecule has 0 aliphatic rings. The van der Waals surface area contributed by atoms with Gasteiger partial charge in [0.05, 0.1) is 12.3 Å². The van der Waals surface area contributed by atoms with Crippen LogP contribution in [0.5, 0.6) is 0 Å². The molecule has 0 heterocycles. The molecule has 0 aliphatic heterocycles. The number of carbonyl (C=O) groups excluding carboxylic acids is 1. The van der Waals surface area contributed by atoms with E-state index in [9.17, 15) is 4.79 Å². The summed E-state index contributed by atoms with van der Waals surface area (Å²) in [4.78, 5) is 12.6. The lowest BCUT2D eigenvalue weighted by Gasteiger charge is -2.10. The SMILES string of the molecule is C#CCSCCNCC(=O)N(C)C. The predicted molar refractivity (Wildman–Crippen MR) is 57.7 cm³/mol. The third kappa shape index (κ3) is 7.69. The van der Waals surface area contributed by atoms with Crippen molar-refractivity contribution in [1.82, 2.24) is 10.2 Å². The van der Waals surface area contributed by atoms with Crippen molar-refractivity contribution in [2.45, 2.75) is 0 Å². The van der Waals surface area contributed by atoms with Gasteiger partial charge < -0.3 is 10.2 Å². The summed E-state index contributed by atoms with van der Waals surface area (Å²) >= 11 is 1.69. The van der Waals surface area contributed by atoms with E-state index < -0.39 is 0 Å². The number of nitrogens with one attached hydrogen (secondary N) is 1. The summed E-state index contributed by atoms with van der Waals surface area (Å²) in [5.74, 6) is 4.33. The second-order valence-electron chi connectivity index (χ2n) is 2.72. The first-order valence-corrected chi connectivity index (χ1v) is 5.26. The van der Waals surface area contributed by atoms with Crippen LogP contribution in [-0.2, 0) is 4.79 Å². The Balaban J connectivity index is 3.17. The van der Waals surface area contributed by atoms with Gasteiger partial charge in [-0.25, -0.2) is 0 Å². The van der Waals surface area contributed by atoms with Crippen LogP contribution in [0.1, 0.15) is 0 Å². The Kier molecular flexibility index (Phi) is 7.56. The van der Waals surface area contributed by atoms with Crippen LogP contribution in [0.3, 0.4) is 0 Å². The van der Waals surface area contributed by atoms with E-state index in [1.54, 1.807) is 30.8 Å². The summed E-state index contributed by atoms with van der Waals surface area (Å²) in [5.41, 5.74) is 0. The van der Waals surface area contributed by atoms with Crippen molar-refractivity contribution in [3.05, 3.63) is 0 Å². The summed E-state index contributed by atoms with van der Waals surface area (Å²) in [6, 6.07) is 0. The molecule has 74 valence electrons.